The fraction of sp³-hybridized carbons (Fsp3) is 0.429. The molecular weight excluding hydrogens is 228 g/mol. The van der Waals surface area contributed by atoms with Gasteiger partial charge in [0.05, 0.1) is 11.6 Å². The zero-order valence-corrected chi connectivity index (χ0v) is 10.3. The Morgan fingerprint density at radius 3 is 3.06 bits per heavy atom. The average molecular weight is 244 g/mol. The van der Waals surface area contributed by atoms with Crippen molar-refractivity contribution in [2.45, 2.75) is 25.9 Å². The van der Waals surface area contributed by atoms with Gasteiger partial charge in [-0.3, -0.25) is 9.69 Å². The van der Waals surface area contributed by atoms with Crippen molar-refractivity contribution in [2.75, 3.05) is 6.54 Å². The van der Waals surface area contributed by atoms with E-state index in [9.17, 15) is 9.90 Å². The molecule has 0 amide bonds. The van der Waals surface area contributed by atoms with Gasteiger partial charge in [-0.2, -0.15) is 5.26 Å². The van der Waals surface area contributed by atoms with Crippen LogP contribution in [-0.4, -0.2) is 28.6 Å². The number of aliphatic carboxylic acids is 1. The van der Waals surface area contributed by atoms with Crippen LogP contribution >= 0.6 is 0 Å². The van der Waals surface area contributed by atoms with Gasteiger partial charge in [0.1, 0.15) is 6.04 Å². The molecule has 1 aliphatic rings. The Kier molecular flexibility index (Phi) is 3.63. The standard InChI is InChI=1S/C14H16N2O2/c1-10-5-6-16(13(10)14(17)18)9-12-4-2-3-11(7-12)8-15/h2-4,7,10,13H,5-6,9H2,1H3,(H,17,18). The summed E-state index contributed by atoms with van der Waals surface area (Å²) in [5.74, 6) is -0.571. The first kappa shape index (κ1) is 12.6. The molecule has 1 aromatic carbocycles. The average Bonchev–Trinajstić information content (AvgIpc) is 2.70. The van der Waals surface area contributed by atoms with Crippen molar-refractivity contribution in [1.82, 2.24) is 4.90 Å². The number of benzene rings is 1. The van der Waals surface area contributed by atoms with E-state index in [-0.39, 0.29) is 5.92 Å². The fourth-order valence-electron chi connectivity index (χ4n) is 2.58. The highest BCUT2D eigenvalue weighted by molar-refractivity contribution is 5.74. The van der Waals surface area contributed by atoms with E-state index >= 15 is 0 Å². The number of carboxylic acid groups (broad SMARTS) is 1. The van der Waals surface area contributed by atoms with Crippen LogP contribution in [0.4, 0.5) is 0 Å². The van der Waals surface area contributed by atoms with Crippen LogP contribution in [0.25, 0.3) is 0 Å². The molecule has 1 aliphatic heterocycles. The fourth-order valence-corrected chi connectivity index (χ4v) is 2.58. The topological polar surface area (TPSA) is 64.3 Å². The minimum Gasteiger partial charge on any atom is -0.480 e. The Hall–Kier alpha value is -1.86. The van der Waals surface area contributed by atoms with Gasteiger partial charge >= 0.3 is 5.97 Å². The van der Waals surface area contributed by atoms with Gasteiger partial charge in [0.2, 0.25) is 0 Å². The van der Waals surface area contributed by atoms with Gasteiger partial charge < -0.3 is 5.11 Å². The van der Waals surface area contributed by atoms with Crippen LogP contribution in [0.3, 0.4) is 0 Å². The lowest BCUT2D eigenvalue weighted by molar-refractivity contribution is -0.143. The van der Waals surface area contributed by atoms with Crippen molar-refractivity contribution < 1.29 is 9.90 Å². The van der Waals surface area contributed by atoms with Crippen LogP contribution in [0, 0.1) is 17.2 Å². The van der Waals surface area contributed by atoms with Crippen LogP contribution in [0.2, 0.25) is 0 Å². The van der Waals surface area contributed by atoms with Crippen LogP contribution < -0.4 is 0 Å². The summed E-state index contributed by atoms with van der Waals surface area (Å²) in [5.41, 5.74) is 1.61. The number of hydrogen-bond donors (Lipinski definition) is 1. The summed E-state index contributed by atoms with van der Waals surface area (Å²) < 4.78 is 0. The van der Waals surface area contributed by atoms with E-state index in [0.29, 0.717) is 12.1 Å². The smallest absolute Gasteiger partial charge is 0.321 e. The summed E-state index contributed by atoms with van der Waals surface area (Å²) in [6.45, 7) is 3.37. The second kappa shape index (κ2) is 5.19. The molecule has 94 valence electrons. The Morgan fingerprint density at radius 1 is 1.61 bits per heavy atom. The molecule has 0 radical (unpaired) electrons. The summed E-state index contributed by atoms with van der Waals surface area (Å²) >= 11 is 0. The normalized spacial score (nSPS) is 23.8. The first-order chi connectivity index (χ1) is 8.61. The molecule has 1 fully saturated rings. The summed E-state index contributed by atoms with van der Waals surface area (Å²) in [6.07, 6.45) is 0.912. The number of carbonyl (C=O) groups is 1. The second-order valence-corrected chi connectivity index (χ2v) is 4.83. The molecule has 1 N–H and O–H groups in total. The largest absolute Gasteiger partial charge is 0.480 e. The predicted octanol–water partition coefficient (Wildman–Crippen LogP) is 1.85. The summed E-state index contributed by atoms with van der Waals surface area (Å²) in [7, 11) is 0. The number of nitriles is 1. The number of rotatable bonds is 3. The van der Waals surface area contributed by atoms with Gasteiger partial charge in [-0.05, 0) is 36.6 Å². The SMILES string of the molecule is CC1CCN(Cc2cccc(C#N)c2)C1C(=O)O. The van der Waals surface area contributed by atoms with E-state index in [1.54, 1.807) is 6.07 Å². The molecule has 0 spiro atoms. The van der Waals surface area contributed by atoms with E-state index in [2.05, 4.69) is 6.07 Å². The Labute approximate surface area is 106 Å². The van der Waals surface area contributed by atoms with Gasteiger partial charge in [-0.1, -0.05) is 19.1 Å². The van der Waals surface area contributed by atoms with Gasteiger partial charge in [0, 0.05) is 6.54 Å². The molecule has 1 aromatic rings. The second-order valence-electron chi connectivity index (χ2n) is 4.83. The Balaban J connectivity index is 2.13. The molecule has 2 unspecified atom stereocenters. The molecule has 4 heteroatoms. The predicted molar refractivity (Wildman–Crippen MR) is 66.8 cm³/mol. The lowest BCUT2D eigenvalue weighted by Gasteiger charge is -2.23. The van der Waals surface area contributed by atoms with Crippen LogP contribution in [-0.2, 0) is 11.3 Å². The molecule has 2 atom stereocenters. The molecule has 1 heterocycles. The zero-order valence-electron chi connectivity index (χ0n) is 10.3. The van der Waals surface area contributed by atoms with E-state index in [0.717, 1.165) is 18.5 Å². The van der Waals surface area contributed by atoms with Gasteiger partial charge in [-0.15, -0.1) is 0 Å². The monoisotopic (exact) mass is 244 g/mol. The maximum atomic E-state index is 11.2. The number of nitrogens with zero attached hydrogens (tertiary/aromatic N) is 2. The number of likely N-dealkylation sites (tertiary alicyclic amines) is 1. The lowest BCUT2D eigenvalue weighted by Crippen LogP contribution is -2.38. The van der Waals surface area contributed by atoms with Crippen molar-refractivity contribution in [1.29, 1.82) is 5.26 Å². The van der Waals surface area contributed by atoms with E-state index in [1.807, 2.05) is 30.0 Å². The first-order valence-electron chi connectivity index (χ1n) is 6.07. The van der Waals surface area contributed by atoms with Crippen molar-refractivity contribution in [2.24, 2.45) is 5.92 Å². The molecular formula is C14H16N2O2. The van der Waals surface area contributed by atoms with Crippen LogP contribution in [0.1, 0.15) is 24.5 Å². The number of carboxylic acids is 1. The maximum absolute atomic E-state index is 11.2. The molecule has 0 aliphatic carbocycles. The van der Waals surface area contributed by atoms with Crippen molar-refractivity contribution in [3.05, 3.63) is 35.4 Å². The van der Waals surface area contributed by atoms with Crippen LogP contribution in [0.5, 0.6) is 0 Å². The van der Waals surface area contributed by atoms with Crippen molar-refractivity contribution >= 4 is 5.97 Å². The molecule has 18 heavy (non-hydrogen) atoms. The number of hydrogen-bond acceptors (Lipinski definition) is 3. The third kappa shape index (κ3) is 2.52. The zero-order chi connectivity index (χ0) is 13.1. The third-order valence-electron chi connectivity index (χ3n) is 3.50. The van der Waals surface area contributed by atoms with Gasteiger partial charge in [0.15, 0.2) is 0 Å². The molecule has 4 nitrogen and oxygen atoms in total. The van der Waals surface area contributed by atoms with Gasteiger partial charge in [0.25, 0.3) is 0 Å². The third-order valence-corrected chi connectivity index (χ3v) is 3.50. The molecule has 0 saturated carbocycles. The highest BCUT2D eigenvalue weighted by Gasteiger charge is 2.36. The van der Waals surface area contributed by atoms with Crippen LogP contribution in [0.15, 0.2) is 24.3 Å². The first-order valence-corrected chi connectivity index (χ1v) is 6.07. The van der Waals surface area contributed by atoms with Gasteiger partial charge in [-0.25, -0.2) is 0 Å². The molecule has 0 aromatic heterocycles. The minimum atomic E-state index is -0.753. The minimum absolute atomic E-state index is 0.182. The Bertz CT molecular complexity index is 493. The highest BCUT2D eigenvalue weighted by atomic mass is 16.4. The lowest BCUT2D eigenvalue weighted by atomic mass is 10.0. The molecule has 2 rings (SSSR count). The summed E-state index contributed by atoms with van der Waals surface area (Å²) in [4.78, 5) is 13.2. The molecule has 0 bridgehead atoms. The summed E-state index contributed by atoms with van der Waals surface area (Å²) in [6, 6.07) is 9.04. The summed E-state index contributed by atoms with van der Waals surface area (Å²) in [5, 5.41) is 18.1. The molecule has 1 saturated heterocycles. The maximum Gasteiger partial charge on any atom is 0.321 e. The van der Waals surface area contributed by atoms with E-state index in [4.69, 9.17) is 5.26 Å². The van der Waals surface area contributed by atoms with Crippen molar-refractivity contribution in [3.8, 4) is 6.07 Å². The van der Waals surface area contributed by atoms with Crippen molar-refractivity contribution in [3.63, 3.8) is 0 Å². The van der Waals surface area contributed by atoms with E-state index < -0.39 is 12.0 Å². The van der Waals surface area contributed by atoms with E-state index in [1.165, 1.54) is 0 Å². The highest BCUT2D eigenvalue weighted by Crippen LogP contribution is 2.25. The quantitative estimate of drug-likeness (QED) is 0.881. The Morgan fingerprint density at radius 2 is 2.39 bits per heavy atom.